The summed E-state index contributed by atoms with van der Waals surface area (Å²) in [6.45, 7) is 2.18. The number of hydrogen-bond donors (Lipinski definition) is 1. The molecule has 0 aromatic carbocycles. The molecule has 1 fully saturated rings. The van der Waals surface area contributed by atoms with Gasteiger partial charge in [0.25, 0.3) is 5.91 Å². The van der Waals surface area contributed by atoms with Crippen molar-refractivity contribution in [1.29, 1.82) is 0 Å². The van der Waals surface area contributed by atoms with Crippen molar-refractivity contribution in [2.75, 3.05) is 19.6 Å². The van der Waals surface area contributed by atoms with Gasteiger partial charge in [0.15, 0.2) is 5.69 Å². The molecule has 16 heavy (non-hydrogen) atoms. The number of carbonyl (C=O) groups excluding carboxylic acids is 1. The first-order valence-electron chi connectivity index (χ1n) is 5.56. The first kappa shape index (κ1) is 11.1. The highest BCUT2D eigenvalue weighted by molar-refractivity contribution is 5.91. The van der Waals surface area contributed by atoms with Crippen LogP contribution in [0, 0.1) is 5.92 Å². The van der Waals surface area contributed by atoms with Gasteiger partial charge in [-0.15, -0.1) is 5.10 Å². The number of nitrogens with zero attached hydrogens (tertiary/aromatic N) is 4. The Bertz CT molecular complexity index is 375. The Morgan fingerprint density at radius 3 is 3.12 bits per heavy atom. The summed E-state index contributed by atoms with van der Waals surface area (Å²) in [5.74, 6) is 0.389. The number of carbonyl (C=O) groups is 1. The SMILES string of the molecule is Cn1cc(C(=O)N2CCC[C@H](CN)C2)nn1. The molecule has 0 bridgehead atoms. The van der Waals surface area contributed by atoms with Crippen LogP contribution < -0.4 is 5.73 Å². The highest BCUT2D eigenvalue weighted by atomic mass is 16.2. The van der Waals surface area contributed by atoms with E-state index in [0.29, 0.717) is 18.2 Å². The zero-order valence-electron chi connectivity index (χ0n) is 9.46. The number of hydrogen-bond acceptors (Lipinski definition) is 4. The second-order valence-electron chi connectivity index (χ2n) is 4.27. The number of rotatable bonds is 2. The number of likely N-dealkylation sites (tertiary alicyclic amines) is 1. The molecule has 0 spiro atoms. The smallest absolute Gasteiger partial charge is 0.276 e. The van der Waals surface area contributed by atoms with Crippen molar-refractivity contribution in [3.05, 3.63) is 11.9 Å². The first-order valence-corrected chi connectivity index (χ1v) is 5.56. The van der Waals surface area contributed by atoms with Crippen LogP contribution in [0.15, 0.2) is 6.20 Å². The van der Waals surface area contributed by atoms with Crippen LogP contribution in [0.2, 0.25) is 0 Å². The minimum Gasteiger partial charge on any atom is -0.337 e. The molecule has 1 aromatic rings. The minimum absolute atomic E-state index is 0.0359. The Balaban J connectivity index is 2.04. The summed E-state index contributed by atoms with van der Waals surface area (Å²) < 4.78 is 1.54. The molecule has 88 valence electrons. The lowest BCUT2D eigenvalue weighted by atomic mass is 9.98. The normalized spacial score (nSPS) is 21.1. The Hall–Kier alpha value is -1.43. The predicted molar refractivity (Wildman–Crippen MR) is 58.7 cm³/mol. The largest absolute Gasteiger partial charge is 0.337 e. The molecule has 2 heterocycles. The Kier molecular flexibility index (Phi) is 3.19. The summed E-state index contributed by atoms with van der Waals surface area (Å²) in [5, 5.41) is 7.60. The van der Waals surface area contributed by atoms with Gasteiger partial charge in [-0.2, -0.15) is 0 Å². The minimum atomic E-state index is -0.0359. The highest BCUT2D eigenvalue weighted by Gasteiger charge is 2.25. The fourth-order valence-electron chi connectivity index (χ4n) is 2.05. The Morgan fingerprint density at radius 1 is 1.69 bits per heavy atom. The van der Waals surface area contributed by atoms with Crippen LogP contribution in [-0.2, 0) is 7.05 Å². The van der Waals surface area contributed by atoms with Crippen LogP contribution >= 0.6 is 0 Å². The van der Waals surface area contributed by atoms with Crippen molar-refractivity contribution in [1.82, 2.24) is 19.9 Å². The lowest BCUT2D eigenvalue weighted by Gasteiger charge is -2.31. The third-order valence-electron chi connectivity index (χ3n) is 2.96. The van der Waals surface area contributed by atoms with Crippen molar-refractivity contribution in [2.24, 2.45) is 18.7 Å². The molecule has 6 heteroatoms. The zero-order valence-corrected chi connectivity index (χ0v) is 9.46. The van der Waals surface area contributed by atoms with E-state index in [4.69, 9.17) is 5.73 Å². The predicted octanol–water partition coefficient (Wildman–Crippen LogP) is -0.374. The van der Waals surface area contributed by atoms with Crippen molar-refractivity contribution >= 4 is 5.91 Å². The summed E-state index contributed by atoms with van der Waals surface area (Å²) in [7, 11) is 1.75. The van der Waals surface area contributed by atoms with E-state index in [-0.39, 0.29) is 5.91 Å². The maximum Gasteiger partial charge on any atom is 0.276 e. The maximum atomic E-state index is 12.0. The van der Waals surface area contributed by atoms with Gasteiger partial charge in [-0.1, -0.05) is 5.21 Å². The van der Waals surface area contributed by atoms with E-state index in [1.807, 2.05) is 4.90 Å². The van der Waals surface area contributed by atoms with Crippen LogP contribution in [0.3, 0.4) is 0 Å². The van der Waals surface area contributed by atoms with Gasteiger partial charge < -0.3 is 10.6 Å². The second-order valence-corrected chi connectivity index (χ2v) is 4.27. The standard InChI is InChI=1S/C10H17N5O/c1-14-7-9(12-13-14)10(16)15-4-2-3-8(5-11)6-15/h7-8H,2-6,11H2,1H3/t8-/m1/s1. The molecule has 0 radical (unpaired) electrons. The third-order valence-corrected chi connectivity index (χ3v) is 2.96. The average molecular weight is 223 g/mol. The number of piperidine rings is 1. The third kappa shape index (κ3) is 2.21. The van der Waals surface area contributed by atoms with E-state index in [1.54, 1.807) is 13.2 Å². The summed E-state index contributed by atoms with van der Waals surface area (Å²) >= 11 is 0. The van der Waals surface area contributed by atoms with Crippen LogP contribution in [0.4, 0.5) is 0 Å². The van der Waals surface area contributed by atoms with Gasteiger partial charge in [0.1, 0.15) is 0 Å². The van der Waals surface area contributed by atoms with Gasteiger partial charge in [0.2, 0.25) is 0 Å². The maximum absolute atomic E-state index is 12.0. The summed E-state index contributed by atoms with van der Waals surface area (Å²) in [4.78, 5) is 13.9. The molecule has 1 aliphatic heterocycles. The number of amides is 1. The molecule has 0 unspecified atom stereocenters. The van der Waals surface area contributed by atoms with E-state index in [2.05, 4.69) is 10.3 Å². The number of nitrogens with two attached hydrogens (primary N) is 1. The lowest BCUT2D eigenvalue weighted by molar-refractivity contribution is 0.0672. The molecular weight excluding hydrogens is 206 g/mol. The fraction of sp³-hybridized carbons (Fsp3) is 0.700. The Morgan fingerprint density at radius 2 is 2.50 bits per heavy atom. The van der Waals surface area contributed by atoms with Crippen LogP contribution in [0.5, 0.6) is 0 Å². The van der Waals surface area contributed by atoms with Crippen LogP contribution in [-0.4, -0.2) is 45.4 Å². The van der Waals surface area contributed by atoms with Crippen molar-refractivity contribution in [3.63, 3.8) is 0 Å². The van der Waals surface area contributed by atoms with Crippen molar-refractivity contribution < 1.29 is 4.79 Å². The molecule has 2 N–H and O–H groups in total. The molecule has 1 atom stereocenters. The average Bonchev–Trinajstić information content (AvgIpc) is 2.75. The van der Waals surface area contributed by atoms with Gasteiger partial charge >= 0.3 is 0 Å². The van der Waals surface area contributed by atoms with Gasteiger partial charge in [-0.25, -0.2) is 0 Å². The van der Waals surface area contributed by atoms with Gasteiger partial charge in [-0.05, 0) is 25.3 Å². The fourth-order valence-corrected chi connectivity index (χ4v) is 2.05. The summed E-state index contributed by atoms with van der Waals surface area (Å²) in [6, 6.07) is 0. The summed E-state index contributed by atoms with van der Waals surface area (Å²) in [6.07, 6.45) is 3.78. The van der Waals surface area contributed by atoms with Crippen molar-refractivity contribution in [2.45, 2.75) is 12.8 Å². The molecule has 1 aromatic heterocycles. The molecule has 0 saturated carbocycles. The van der Waals surface area contributed by atoms with Crippen LogP contribution in [0.25, 0.3) is 0 Å². The zero-order chi connectivity index (χ0) is 11.5. The quantitative estimate of drug-likeness (QED) is 0.742. The molecule has 6 nitrogen and oxygen atoms in total. The lowest BCUT2D eigenvalue weighted by Crippen LogP contribution is -2.42. The van der Waals surface area contributed by atoms with E-state index in [1.165, 1.54) is 4.68 Å². The van der Waals surface area contributed by atoms with Gasteiger partial charge in [0.05, 0.1) is 6.20 Å². The Labute approximate surface area is 94.4 Å². The topological polar surface area (TPSA) is 77.0 Å². The number of aryl methyl sites for hydroxylation is 1. The molecule has 1 saturated heterocycles. The first-order chi connectivity index (χ1) is 7.70. The highest BCUT2D eigenvalue weighted by Crippen LogP contribution is 2.16. The van der Waals surface area contributed by atoms with E-state index in [9.17, 15) is 4.79 Å². The van der Waals surface area contributed by atoms with Gasteiger partial charge in [0, 0.05) is 20.1 Å². The van der Waals surface area contributed by atoms with E-state index < -0.39 is 0 Å². The second kappa shape index (κ2) is 4.61. The van der Waals surface area contributed by atoms with Gasteiger partial charge in [-0.3, -0.25) is 9.48 Å². The monoisotopic (exact) mass is 223 g/mol. The van der Waals surface area contributed by atoms with Crippen LogP contribution in [0.1, 0.15) is 23.3 Å². The summed E-state index contributed by atoms with van der Waals surface area (Å²) in [5.41, 5.74) is 6.06. The van der Waals surface area contributed by atoms with E-state index in [0.717, 1.165) is 25.9 Å². The van der Waals surface area contributed by atoms with E-state index >= 15 is 0 Å². The number of aromatic nitrogens is 3. The molecular formula is C10H17N5O. The molecule has 1 amide bonds. The molecule has 2 rings (SSSR count). The molecule has 1 aliphatic rings. The molecule has 0 aliphatic carbocycles. The van der Waals surface area contributed by atoms with Crippen molar-refractivity contribution in [3.8, 4) is 0 Å².